The van der Waals surface area contributed by atoms with Gasteiger partial charge in [-0.05, 0) is 0 Å². The number of likely N-dealkylation sites (tertiary alicyclic amines) is 1. The standard InChI is InChI=1S/C7H12N4OS/c1-8-7-10-9-6(13-7)4-11-2-5(12)3-11/h5,12H,2-4H2,1H3,(H,8,10). The molecule has 0 bridgehead atoms. The van der Waals surface area contributed by atoms with Crippen LogP contribution in [0.1, 0.15) is 5.01 Å². The van der Waals surface area contributed by atoms with Crippen molar-refractivity contribution in [2.24, 2.45) is 0 Å². The molecular formula is C7H12N4OS. The third kappa shape index (κ3) is 1.96. The molecule has 1 aromatic rings. The zero-order valence-corrected chi connectivity index (χ0v) is 8.21. The predicted molar refractivity (Wildman–Crippen MR) is 50.7 cm³/mol. The molecule has 0 atom stereocenters. The Bertz CT molecular complexity index is 284. The van der Waals surface area contributed by atoms with Crippen molar-refractivity contribution in [2.45, 2.75) is 12.6 Å². The van der Waals surface area contributed by atoms with E-state index in [0.717, 1.165) is 29.8 Å². The Kier molecular flexibility index (Phi) is 2.43. The molecule has 0 aliphatic carbocycles. The fourth-order valence-electron chi connectivity index (χ4n) is 1.28. The van der Waals surface area contributed by atoms with Crippen molar-refractivity contribution >= 4 is 16.5 Å². The summed E-state index contributed by atoms with van der Waals surface area (Å²) in [5.74, 6) is 0. The summed E-state index contributed by atoms with van der Waals surface area (Å²) in [6.07, 6.45) is -0.142. The first-order valence-electron chi connectivity index (χ1n) is 4.18. The van der Waals surface area contributed by atoms with Gasteiger partial charge >= 0.3 is 0 Å². The van der Waals surface area contributed by atoms with Crippen LogP contribution in [0.15, 0.2) is 0 Å². The summed E-state index contributed by atoms with van der Waals surface area (Å²) in [6, 6.07) is 0. The minimum atomic E-state index is -0.142. The summed E-state index contributed by atoms with van der Waals surface area (Å²) in [4.78, 5) is 2.14. The lowest BCUT2D eigenvalue weighted by Crippen LogP contribution is -2.49. The van der Waals surface area contributed by atoms with Crippen LogP contribution in [0.25, 0.3) is 0 Å². The number of aliphatic hydroxyl groups is 1. The Balaban J connectivity index is 1.87. The number of hydrogen-bond donors (Lipinski definition) is 2. The summed E-state index contributed by atoms with van der Waals surface area (Å²) >= 11 is 1.56. The Hall–Kier alpha value is -0.720. The number of aliphatic hydroxyl groups excluding tert-OH is 1. The fraction of sp³-hybridized carbons (Fsp3) is 0.714. The summed E-state index contributed by atoms with van der Waals surface area (Å²) < 4.78 is 0. The molecule has 0 aromatic carbocycles. The molecular weight excluding hydrogens is 188 g/mol. The lowest BCUT2D eigenvalue weighted by atomic mass is 10.2. The third-order valence-corrected chi connectivity index (χ3v) is 2.90. The maximum atomic E-state index is 9.06. The molecule has 0 spiro atoms. The molecule has 1 aromatic heterocycles. The van der Waals surface area contributed by atoms with Gasteiger partial charge in [-0.3, -0.25) is 4.90 Å². The molecule has 13 heavy (non-hydrogen) atoms. The molecule has 2 rings (SSSR count). The van der Waals surface area contributed by atoms with E-state index in [0.29, 0.717) is 0 Å². The van der Waals surface area contributed by atoms with E-state index in [-0.39, 0.29) is 6.10 Å². The van der Waals surface area contributed by atoms with Gasteiger partial charge in [0.05, 0.1) is 12.6 Å². The van der Waals surface area contributed by atoms with E-state index in [2.05, 4.69) is 20.4 Å². The zero-order chi connectivity index (χ0) is 9.26. The second kappa shape index (κ2) is 3.57. The number of rotatable bonds is 3. The van der Waals surface area contributed by atoms with E-state index < -0.39 is 0 Å². The molecule has 2 N–H and O–H groups in total. The lowest BCUT2D eigenvalue weighted by Gasteiger charge is -2.34. The number of nitrogens with zero attached hydrogens (tertiary/aromatic N) is 3. The van der Waals surface area contributed by atoms with Crippen LogP contribution >= 0.6 is 11.3 Å². The van der Waals surface area contributed by atoms with Crippen molar-refractivity contribution in [3.8, 4) is 0 Å². The van der Waals surface area contributed by atoms with E-state index in [9.17, 15) is 0 Å². The Morgan fingerprint density at radius 3 is 2.92 bits per heavy atom. The lowest BCUT2D eigenvalue weighted by molar-refractivity contribution is -0.00299. The Labute approximate surface area is 80.4 Å². The van der Waals surface area contributed by atoms with Crippen LogP contribution in [-0.4, -0.2) is 46.4 Å². The van der Waals surface area contributed by atoms with Crippen molar-refractivity contribution in [3.63, 3.8) is 0 Å². The van der Waals surface area contributed by atoms with Crippen LogP contribution in [-0.2, 0) is 6.54 Å². The van der Waals surface area contributed by atoms with E-state index in [1.54, 1.807) is 11.3 Å². The van der Waals surface area contributed by atoms with E-state index in [1.807, 2.05) is 7.05 Å². The molecule has 72 valence electrons. The van der Waals surface area contributed by atoms with Crippen LogP contribution < -0.4 is 5.32 Å². The van der Waals surface area contributed by atoms with Crippen molar-refractivity contribution in [1.29, 1.82) is 0 Å². The van der Waals surface area contributed by atoms with Gasteiger partial charge in [-0.15, -0.1) is 10.2 Å². The largest absolute Gasteiger partial charge is 0.390 e. The van der Waals surface area contributed by atoms with Crippen molar-refractivity contribution in [3.05, 3.63) is 5.01 Å². The SMILES string of the molecule is CNc1nnc(CN2CC(O)C2)s1. The molecule has 0 radical (unpaired) electrons. The van der Waals surface area contributed by atoms with Gasteiger partial charge in [-0.1, -0.05) is 11.3 Å². The fourth-order valence-corrected chi connectivity index (χ4v) is 2.02. The van der Waals surface area contributed by atoms with Gasteiger partial charge in [0.25, 0.3) is 0 Å². The van der Waals surface area contributed by atoms with Crippen molar-refractivity contribution < 1.29 is 5.11 Å². The third-order valence-electron chi connectivity index (χ3n) is 1.98. The van der Waals surface area contributed by atoms with Crippen molar-refractivity contribution in [1.82, 2.24) is 15.1 Å². The monoisotopic (exact) mass is 200 g/mol. The average Bonchev–Trinajstić information content (AvgIpc) is 2.50. The molecule has 1 aliphatic heterocycles. The molecule has 0 amide bonds. The topological polar surface area (TPSA) is 61.3 Å². The second-order valence-corrected chi connectivity index (χ2v) is 4.16. The van der Waals surface area contributed by atoms with Gasteiger partial charge < -0.3 is 10.4 Å². The maximum Gasteiger partial charge on any atom is 0.205 e. The molecule has 2 heterocycles. The Morgan fingerprint density at radius 2 is 2.38 bits per heavy atom. The highest BCUT2D eigenvalue weighted by Crippen LogP contribution is 2.18. The van der Waals surface area contributed by atoms with E-state index >= 15 is 0 Å². The molecule has 1 saturated heterocycles. The molecule has 1 aliphatic rings. The molecule has 6 heteroatoms. The minimum Gasteiger partial charge on any atom is -0.390 e. The van der Waals surface area contributed by atoms with Crippen LogP contribution in [0.2, 0.25) is 0 Å². The highest BCUT2D eigenvalue weighted by Gasteiger charge is 2.24. The van der Waals surface area contributed by atoms with E-state index in [4.69, 9.17) is 5.11 Å². The van der Waals surface area contributed by atoms with Crippen molar-refractivity contribution in [2.75, 3.05) is 25.5 Å². The summed E-state index contributed by atoms with van der Waals surface area (Å²) in [5.41, 5.74) is 0. The van der Waals surface area contributed by atoms with Crippen LogP contribution in [0.4, 0.5) is 5.13 Å². The van der Waals surface area contributed by atoms with Gasteiger partial charge in [0.15, 0.2) is 0 Å². The van der Waals surface area contributed by atoms with Crippen LogP contribution in [0.3, 0.4) is 0 Å². The highest BCUT2D eigenvalue weighted by atomic mass is 32.1. The summed E-state index contributed by atoms with van der Waals surface area (Å²) in [5, 5.41) is 21.8. The second-order valence-electron chi connectivity index (χ2n) is 3.10. The van der Waals surface area contributed by atoms with Gasteiger partial charge in [-0.2, -0.15) is 0 Å². The Morgan fingerprint density at radius 1 is 1.62 bits per heavy atom. The molecule has 1 fully saturated rings. The normalized spacial score (nSPS) is 18.6. The number of nitrogens with one attached hydrogen (secondary N) is 1. The van der Waals surface area contributed by atoms with Gasteiger partial charge in [0.1, 0.15) is 5.01 Å². The first kappa shape index (κ1) is 8.86. The smallest absolute Gasteiger partial charge is 0.205 e. The van der Waals surface area contributed by atoms with Gasteiger partial charge in [-0.25, -0.2) is 0 Å². The molecule has 0 unspecified atom stereocenters. The number of aromatic nitrogens is 2. The molecule has 5 nitrogen and oxygen atoms in total. The summed E-state index contributed by atoms with van der Waals surface area (Å²) in [6.45, 7) is 2.32. The molecule has 0 saturated carbocycles. The number of β-amino-alcohol motifs (C(OH)–C–C–N with tert-alkyl or cyclic N) is 1. The highest BCUT2D eigenvalue weighted by molar-refractivity contribution is 7.15. The van der Waals surface area contributed by atoms with Crippen LogP contribution in [0, 0.1) is 0 Å². The maximum absolute atomic E-state index is 9.06. The van der Waals surface area contributed by atoms with E-state index in [1.165, 1.54) is 0 Å². The first-order chi connectivity index (χ1) is 6.28. The average molecular weight is 200 g/mol. The quantitative estimate of drug-likeness (QED) is 0.705. The van der Waals surface area contributed by atoms with Gasteiger partial charge in [0, 0.05) is 20.1 Å². The van der Waals surface area contributed by atoms with Crippen LogP contribution in [0.5, 0.6) is 0 Å². The number of hydrogen-bond acceptors (Lipinski definition) is 6. The van der Waals surface area contributed by atoms with Gasteiger partial charge in [0.2, 0.25) is 5.13 Å². The minimum absolute atomic E-state index is 0.142. The summed E-state index contributed by atoms with van der Waals surface area (Å²) in [7, 11) is 1.83. The first-order valence-corrected chi connectivity index (χ1v) is 5.00. The predicted octanol–water partition coefficient (Wildman–Crippen LogP) is -0.244. The zero-order valence-electron chi connectivity index (χ0n) is 7.40. The number of anilines is 1.